The van der Waals surface area contributed by atoms with Crippen molar-refractivity contribution < 1.29 is 23.0 Å². The average Bonchev–Trinajstić information content (AvgIpc) is 2.68. The van der Waals surface area contributed by atoms with Gasteiger partial charge in [-0.25, -0.2) is 0 Å². The van der Waals surface area contributed by atoms with Crippen LogP contribution in [0.25, 0.3) is 0 Å². The van der Waals surface area contributed by atoms with Crippen molar-refractivity contribution in [3.8, 4) is 5.75 Å². The number of halogens is 4. The molecule has 1 atom stereocenters. The number of benzene rings is 2. The molecule has 1 unspecified atom stereocenters. The van der Waals surface area contributed by atoms with Crippen molar-refractivity contribution in [3.63, 3.8) is 0 Å². The normalized spacial score (nSPS) is 16.8. The first kappa shape index (κ1) is 20.8. The third kappa shape index (κ3) is 5.53. The highest BCUT2D eigenvalue weighted by atomic mass is 35.5. The van der Waals surface area contributed by atoms with Gasteiger partial charge in [-0.2, -0.15) is 13.2 Å². The number of hydrogen-bond donors (Lipinski definition) is 1. The summed E-state index contributed by atoms with van der Waals surface area (Å²) in [4.78, 5) is 4.10. The summed E-state index contributed by atoms with van der Waals surface area (Å²) in [5, 5.41) is 10.5. The Labute approximate surface area is 167 Å². The smallest absolute Gasteiger partial charge is 0.416 e. The van der Waals surface area contributed by atoms with Gasteiger partial charge in [0.25, 0.3) is 0 Å². The van der Waals surface area contributed by atoms with E-state index in [0.29, 0.717) is 55.6 Å². The molecule has 0 saturated carbocycles. The molecule has 1 aliphatic heterocycles. The Morgan fingerprint density at radius 1 is 1.04 bits per heavy atom. The largest absolute Gasteiger partial charge is 0.464 e. The van der Waals surface area contributed by atoms with Crippen LogP contribution in [-0.2, 0) is 6.18 Å². The first-order valence-electron chi connectivity index (χ1n) is 9.07. The molecule has 152 valence electrons. The maximum Gasteiger partial charge on any atom is 0.416 e. The number of piperazine rings is 1. The Morgan fingerprint density at radius 2 is 1.75 bits per heavy atom. The number of rotatable bonds is 6. The van der Waals surface area contributed by atoms with Gasteiger partial charge in [0.05, 0.1) is 10.6 Å². The number of anilines is 1. The van der Waals surface area contributed by atoms with Gasteiger partial charge in [0.1, 0.15) is 5.75 Å². The summed E-state index contributed by atoms with van der Waals surface area (Å²) in [6.07, 6.45) is -4.90. The maximum atomic E-state index is 12.9. The van der Waals surface area contributed by atoms with E-state index in [9.17, 15) is 18.3 Å². The van der Waals surface area contributed by atoms with Crippen LogP contribution in [0.4, 0.5) is 18.9 Å². The minimum atomic E-state index is -4.34. The predicted octanol–water partition coefficient (Wildman–Crippen LogP) is 4.27. The van der Waals surface area contributed by atoms with Gasteiger partial charge in [-0.3, -0.25) is 4.90 Å². The molecule has 1 aliphatic rings. The monoisotopic (exact) mass is 414 g/mol. The van der Waals surface area contributed by atoms with E-state index >= 15 is 0 Å². The van der Waals surface area contributed by atoms with Crippen LogP contribution in [0.1, 0.15) is 12.0 Å². The molecular formula is C20H22ClF3N2O2. The van der Waals surface area contributed by atoms with Crippen LogP contribution in [0.2, 0.25) is 5.02 Å². The number of alkyl halides is 3. The van der Waals surface area contributed by atoms with Crippen molar-refractivity contribution in [1.29, 1.82) is 0 Å². The molecule has 1 fully saturated rings. The van der Waals surface area contributed by atoms with Crippen LogP contribution in [-0.4, -0.2) is 49.0 Å². The zero-order valence-electron chi connectivity index (χ0n) is 15.2. The van der Waals surface area contributed by atoms with Gasteiger partial charge in [-0.15, -0.1) is 0 Å². The fraction of sp³-hybridized carbons (Fsp3) is 0.400. The van der Waals surface area contributed by atoms with E-state index < -0.39 is 18.0 Å². The first-order chi connectivity index (χ1) is 13.3. The van der Waals surface area contributed by atoms with Crippen LogP contribution in [0, 0.1) is 0 Å². The van der Waals surface area contributed by atoms with Gasteiger partial charge < -0.3 is 14.7 Å². The van der Waals surface area contributed by atoms with Gasteiger partial charge in [-0.05, 0) is 30.3 Å². The minimum absolute atomic E-state index is 0.411. The third-order valence-electron chi connectivity index (χ3n) is 4.70. The topological polar surface area (TPSA) is 35.9 Å². The zero-order chi connectivity index (χ0) is 20.1. The maximum absolute atomic E-state index is 12.9. The van der Waals surface area contributed by atoms with Gasteiger partial charge in [0, 0.05) is 44.8 Å². The molecule has 0 bridgehead atoms. The highest BCUT2D eigenvalue weighted by molar-refractivity contribution is 6.32. The number of aliphatic hydroxyl groups is 1. The van der Waals surface area contributed by atoms with Crippen LogP contribution in [0.3, 0.4) is 0 Å². The van der Waals surface area contributed by atoms with E-state index in [1.165, 1.54) is 12.1 Å². The molecule has 0 aliphatic carbocycles. The Hall–Kier alpha value is -1.96. The summed E-state index contributed by atoms with van der Waals surface area (Å²) < 4.78 is 44.1. The summed E-state index contributed by atoms with van der Waals surface area (Å²) in [5.41, 5.74) is -0.0520. The SMILES string of the molecule is OC(CCN1CCN(c2cccc(C(F)(F)F)c2)CC1)Oc1ccccc1Cl. The quantitative estimate of drug-likeness (QED) is 0.716. The van der Waals surface area contributed by atoms with Crippen molar-refractivity contribution in [2.45, 2.75) is 18.9 Å². The van der Waals surface area contributed by atoms with Crippen molar-refractivity contribution in [2.75, 3.05) is 37.6 Å². The van der Waals surface area contributed by atoms with Crippen LogP contribution in [0.15, 0.2) is 48.5 Å². The number of hydrogen-bond acceptors (Lipinski definition) is 4. The first-order valence-corrected chi connectivity index (χ1v) is 9.44. The van der Waals surface area contributed by atoms with Crippen LogP contribution < -0.4 is 9.64 Å². The molecule has 2 aromatic carbocycles. The molecule has 4 nitrogen and oxygen atoms in total. The van der Waals surface area contributed by atoms with E-state index in [1.54, 1.807) is 30.3 Å². The van der Waals surface area contributed by atoms with Crippen LogP contribution >= 0.6 is 11.6 Å². The molecule has 8 heteroatoms. The fourth-order valence-corrected chi connectivity index (χ4v) is 3.33. The lowest BCUT2D eigenvalue weighted by molar-refractivity contribution is -0.137. The lowest BCUT2D eigenvalue weighted by Gasteiger charge is -2.36. The molecule has 1 saturated heterocycles. The molecule has 0 spiro atoms. The van der Waals surface area contributed by atoms with E-state index in [-0.39, 0.29) is 0 Å². The Kier molecular flexibility index (Phi) is 6.69. The van der Waals surface area contributed by atoms with Crippen molar-refractivity contribution in [2.24, 2.45) is 0 Å². The lowest BCUT2D eigenvalue weighted by atomic mass is 10.1. The summed E-state index contributed by atoms with van der Waals surface area (Å²) in [7, 11) is 0. The number of nitrogens with zero attached hydrogens (tertiary/aromatic N) is 2. The summed E-state index contributed by atoms with van der Waals surface area (Å²) in [6.45, 7) is 3.29. The fourth-order valence-electron chi connectivity index (χ4n) is 3.15. The van der Waals surface area contributed by atoms with E-state index in [1.807, 2.05) is 4.90 Å². The van der Waals surface area contributed by atoms with Gasteiger partial charge in [0.15, 0.2) is 6.29 Å². The van der Waals surface area contributed by atoms with Crippen LogP contribution in [0.5, 0.6) is 5.75 Å². The summed E-state index contributed by atoms with van der Waals surface area (Å²) >= 11 is 6.01. The van der Waals surface area contributed by atoms with E-state index in [4.69, 9.17) is 16.3 Å². The highest BCUT2D eigenvalue weighted by Crippen LogP contribution is 2.32. The second-order valence-corrected chi connectivity index (χ2v) is 7.08. The molecule has 1 N–H and O–H groups in total. The average molecular weight is 415 g/mol. The number of aliphatic hydroxyl groups excluding tert-OH is 1. The molecule has 28 heavy (non-hydrogen) atoms. The Balaban J connectivity index is 1.46. The summed E-state index contributed by atoms with van der Waals surface area (Å²) in [6, 6.07) is 12.4. The van der Waals surface area contributed by atoms with Crippen molar-refractivity contribution >= 4 is 17.3 Å². The molecule has 1 heterocycles. The summed E-state index contributed by atoms with van der Waals surface area (Å²) in [5.74, 6) is 0.436. The van der Waals surface area contributed by atoms with E-state index in [0.717, 1.165) is 6.07 Å². The molecule has 0 radical (unpaired) electrons. The van der Waals surface area contributed by atoms with Crippen molar-refractivity contribution in [1.82, 2.24) is 4.90 Å². The predicted molar refractivity (Wildman–Crippen MR) is 103 cm³/mol. The zero-order valence-corrected chi connectivity index (χ0v) is 16.0. The molecule has 0 amide bonds. The molecule has 3 rings (SSSR count). The highest BCUT2D eigenvalue weighted by Gasteiger charge is 2.31. The Morgan fingerprint density at radius 3 is 2.43 bits per heavy atom. The molecular weight excluding hydrogens is 393 g/mol. The van der Waals surface area contributed by atoms with Gasteiger partial charge in [-0.1, -0.05) is 29.8 Å². The number of ether oxygens (including phenoxy) is 1. The van der Waals surface area contributed by atoms with Crippen molar-refractivity contribution in [3.05, 3.63) is 59.1 Å². The second-order valence-electron chi connectivity index (χ2n) is 6.67. The van der Waals surface area contributed by atoms with Gasteiger partial charge >= 0.3 is 6.18 Å². The van der Waals surface area contributed by atoms with Gasteiger partial charge in [0.2, 0.25) is 0 Å². The Bertz CT molecular complexity index is 780. The van der Waals surface area contributed by atoms with E-state index in [2.05, 4.69) is 4.90 Å². The molecule has 2 aromatic rings. The number of para-hydroxylation sites is 1. The molecule has 0 aromatic heterocycles. The lowest BCUT2D eigenvalue weighted by Crippen LogP contribution is -2.47. The second kappa shape index (κ2) is 9.03. The third-order valence-corrected chi connectivity index (χ3v) is 5.02. The standard InChI is InChI=1S/C20H22ClF3N2O2/c21-17-6-1-2-7-18(17)28-19(27)8-9-25-10-12-26(13-11-25)16-5-3-4-15(14-16)20(22,23)24/h1-7,14,19,27H,8-13H2. The minimum Gasteiger partial charge on any atom is -0.464 e.